The van der Waals surface area contributed by atoms with Crippen LogP contribution in [0.3, 0.4) is 0 Å². The molecule has 0 spiro atoms. The van der Waals surface area contributed by atoms with E-state index in [0.29, 0.717) is 23.0 Å². The average Bonchev–Trinajstić information content (AvgIpc) is 3.10. The molecule has 1 aliphatic heterocycles. The molecule has 1 aliphatic rings. The molecule has 7 heteroatoms. The Balaban J connectivity index is 1.80. The van der Waals surface area contributed by atoms with Crippen molar-refractivity contribution in [2.45, 2.75) is 39.2 Å². The molecule has 148 valence electrons. The van der Waals surface area contributed by atoms with Crippen LogP contribution in [0.15, 0.2) is 60.1 Å². The van der Waals surface area contributed by atoms with Crippen LogP contribution in [0.2, 0.25) is 0 Å². The number of benzene rings is 1. The zero-order chi connectivity index (χ0) is 20.8. The highest BCUT2D eigenvalue weighted by molar-refractivity contribution is 5.95. The number of hydrogen-bond donors (Lipinski definition) is 2. The lowest BCUT2D eigenvalue weighted by Gasteiger charge is -2.27. The van der Waals surface area contributed by atoms with Crippen LogP contribution in [0.25, 0.3) is 11.4 Å². The highest BCUT2D eigenvalue weighted by Crippen LogP contribution is 2.36. The first-order chi connectivity index (χ1) is 13.8. The molecular formula is C22H24N6O. The van der Waals surface area contributed by atoms with E-state index in [4.69, 9.17) is 10.8 Å². The van der Waals surface area contributed by atoms with Crippen LogP contribution in [0.1, 0.15) is 44.9 Å². The molecule has 1 unspecified atom stereocenters. The van der Waals surface area contributed by atoms with E-state index in [-0.39, 0.29) is 5.41 Å². The molecule has 2 aromatic heterocycles. The Bertz CT molecular complexity index is 1090. The maximum absolute atomic E-state index is 12.2. The molecule has 0 radical (unpaired) electrons. The summed E-state index contributed by atoms with van der Waals surface area (Å²) in [5, 5.41) is 7.88. The third kappa shape index (κ3) is 3.40. The molecule has 4 rings (SSSR count). The van der Waals surface area contributed by atoms with Crippen molar-refractivity contribution in [3.63, 3.8) is 0 Å². The van der Waals surface area contributed by atoms with Crippen LogP contribution in [0, 0.1) is 0 Å². The average molecular weight is 388 g/mol. The van der Waals surface area contributed by atoms with Gasteiger partial charge in [0, 0.05) is 23.7 Å². The SMILES string of the molecule is CC1=C(C(N)=O)C(c2cccnc2)n2nc(-c3ccc(C(C)(C)C)cc3)nc2N1. The predicted octanol–water partition coefficient (Wildman–Crippen LogP) is 3.41. The Labute approximate surface area is 169 Å². The molecule has 29 heavy (non-hydrogen) atoms. The summed E-state index contributed by atoms with van der Waals surface area (Å²) in [4.78, 5) is 21.1. The largest absolute Gasteiger partial charge is 0.366 e. The van der Waals surface area contributed by atoms with Gasteiger partial charge in [-0.1, -0.05) is 51.1 Å². The number of primary amides is 1. The van der Waals surface area contributed by atoms with E-state index >= 15 is 0 Å². The number of aromatic nitrogens is 4. The van der Waals surface area contributed by atoms with Crippen LogP contribution in [-0.2, 0) is 10.2 Å². The summed E-state index contributed by atoms with van der Waals surface area (Å²) < 4.78 is 1.71. The number of carbonyl (C=O) groups excluding carboxylic acids is 1. The Morgan fingerprint density at radius 1 is 1.17 bits per heavy atom. The molecule has 3 aromatic rings. The quantitative estimate of drug-likeness (QED) is 0.716. The lowest BCUT2D eigenvalue weighted by molar-refractivity contribution is -0.115. The normalized spacial score (nSPS) is 16.3. The fourth-order valence-corrected chi connectivity index (χ4v) is 3.56. The van der Waals surface area contributed by atoms with Crippen molar-refractivity contribution >= 4 is 11.9 Å². The van der Waals surface area contributed by atoms with Gasteiger partial charge >= 0.3 is 0 Å². The maximum Gasteiger partial charge on any atom is 0.248 e. The number of hydrogen-bond acceptors (Lipinski definition) is 5. The molecule has 0 saturated carbocycles. The third-order valence-electron chi connectivity index (χ3n) is 5.13. The highest BCUT2D eigenvalue weighted by atomic mass is 16.1. The van der Waals surface area contributed by atoms with Crippen LogP contribution >= 0.6 is 0 Å². The zero-order valence-electron chi connectivity index (χ0n) is 17.0. The van der Waals surface area contributed by atoms with Crippen molar-refractivity contribution < 1.29 is 4.79 Å². The van der Waals surface area contributed by atoms with Crippen molar-refractivity contribution in [3.05, 3.63) is 71.2 Å². The minimum atomic E-state index is -0.499. The number of nitrogens with zero attached hydrogens (tertiary/aromatic N) is 4. The summed E-state index contributed by atoms with van der Waals surface area (Å²) in [6.45, 7) is 8.35. The van der Waals surface area contributed by atoms with Crippen LogP contribution in [0.5, 0.6) is 0 Å². The van der Waals surface area contributed by atoms with E-state index in [0.717, 1.165) is 11.1 Å². The summed E-state index contributed by atoms with van der Waals surface area (Å²) >= 11 is 0. The van der Waals surface area contributed by atoms with E-state index in [1.165, 1.54) is 5.56 Å². The van der Waals surface area contributed by atoms with E-state index in [9.17, 15) is 4.79 Å². The summed E-state index contributed by atoms with van der Waals surface area (Å²) in [6, 6.07) is 11.5. The molecule has 1 amide bonds. The predicted molar refractivity (Wildman–Crippen MR) is 112 cm³/mol. The molecule has 7 nitrogen and oxygen atoms in total. The number of carbonyl (C=O) groups is 1. The molecule has 3 heterocycles. The molecule has 1 atom stereocenters. The number of nitrogens with two attached hydrogens (primary N) is 1. The monoisotopic (exact) mass is 388 g/mol. The van der Waals surface area contributed by atoms with Gasteiger partial charge in [0.25, 0.3) is 0 Å². The summed E-state index contributed by atoms with van der Waals surface area (Å²) in [5.41, 5.74) is 9.86. The van der Waals surface area contributed by atoms with Gasteiger partial charge in [0.15, 0.2) is 5.82 Å². The van der Waals surface area contributed by atoms with Gasteiger partial charge < -0.3 is 11.1 Å². The van der Waals surface area contributed by atoms with Gasteiger partial charge in [-0.15, -0.1) is 5.10 Å². The first kappa shape index (κ1) is 18.9. The summed E-state index contributed by atoms with van der Waals surface area (Å²) in [6.07, 6.45) is 3.41. The van der Waals surface area contributed by atoms with Gasteiger partial charge in [0.1, 0.15) is 6.04 Å². The van der Waals surface area contributed by atoms with Crippen LogP contribution in [-0.4, -0.2) is 25.7 Å². The van der Waals surface area contributed by atoms with E-state index in [2.05, 4.69) is 48.2 Å². The molecule has 3 N–H and O–H groups in total. The molecule has 0 fully saturated rings. The second kappa shape index (κ2) is 6.84. The van der Waals surface area contributed by atoms with Crippen LogP contribution < -0.4 is 11.1 Å². The second-order valence-corrected chi connectivity index (χ2v) is 8.25. The fourth-order valence-electron chi connectivity index (χ4n) is 3.56. The topological polar surface area (TPSA) is 98.7 Å². The van der Waals surface area contributed by atoms with Crippen molar-refractivity contribution in [2.75, 3.05) is 5.32 Å². The number of anilines is 1. The minimum Gasteiger partial charge on any atom is -0.366 e. The fraction of sp³-hybridized carbons (Fsp3) is 0.273. The van der Waals surface area contributed by atoms with Crippen molar-refractivity contribution in [1.82, 2.24) is 19.7 Å². The van der Waals surface area contributed by atoms with E-state index < -0.39 is 11.9 Å². The number of fused-ring (bicyclic) bond motifs is 1. The minimum absolute atomic E-state index is 0.0732. The standard InChI is InChI=1S/C22H24N6O/c1-13-17(19(23)29)18(15-6-5-11-24-12-15)28-21(25-13)26-20(27-28)14-7-9-16(10-8-14)22(2,3)4/h5-12,18H,1-4H3,(H2,23,29)(H,25,26,27). The molecular weight excluding hydrogens is 364 g/mol. The van der Waals surface area contributed by atoms with Crippen molar-refractivity contribution in [3.8, 4) is 11.4 Å². The van der Waals surface area contributed by atoms with Gasteiger partial charge in [0.2, 0.25) is 11.9 Å². The Morgan fingerprint density at radius 3 is 2.48 bits per heavy atom. The molecule has 0 bridgehead atoms. The van der Waals surface area contributed by atoms with E-state index in [1.54, 1.807) is 17.1 Å². The molecule has 0 saturated heterocycles. The maximum atomic E-state index is 12.2. The molecule has 0 aliphatic carbocycles. The van der Waals surface area contributed by atoms with Crippen molar-refractivity contribution in [1.29, 1.82) is 0 Å². The third-order valence-corrected chi connectivity index (χ3v) is 5.13. The van der Waals surface area contributed by atoms with Gasteiger partial charge in [-0.25, -0.2) is 4.68 Å². The first-order valence-corrected chi connectivity index (χ1v) is 9.50. The van der Waals surface area contributed by atoms with E-state index in [1.807, 2.05) is 31.2 Å². The van der Waals surface area contributed by atoms with Gasteiger partial charge in [-0.3, -0.25) is 9.78 Å². The lowest BCUT2D eigenvalue weighted by Crippen LogP contribution is -2.31. The lowest BCUT2D eigenvalue weighted by atomic mass is 9.87. The summed E-state index contributed by atoms with van der Waals surface area (Å²) in [5.74, 6) is 0.651. The Hall–Kier alpha value is -3.48. The number of pyridine rings is 1. The number of rotatable bonds is 3. The smallest absolute Gasteiger partial charge is 0.248 e. The second-order valence-electron chi connectivity index (χ2n) is 8.25. The van der Waals surface area contributed by atoms with Gasteiger partial charge in [0.05, 0.1) is 5.57 Å². The van der Waals surface area contributed by atoms with Crippen molar-refractivity contribution in [2.24, 2.45) is 5.73 Å². The Kier molecular flexibility index (Phi) is 4.45. The first-order valence-electron chi connectivity index (χ1n) is 9.50. The number of amides is 1. The van der Waals surface area contributed by atoms with Gasteiger partial charge in [-0.2, -0.15) is 4.98 Å². The zero-order valence-corrected chi connectivity index (χ0v) is 17.0. The molecule has 1 aromatic carbocycles. The number of nitrogens with one attached hydrogen (secondary N) is 1. The van der Waals surface area contributed by atoms with Crippen LogP contribution in [0.4, 0.5) is 5.95 Å². The van der Waals surface area contributed by atoms with Gasteiger partial charge in [-0.05, 0) is 29.5 Å². The highest BCUT2D eigenvalue weighted by Gasteiger charge is 2.33. The number of allylic oxidation sites excluding steroid dienone is 1. The Morgan fingerprint density at radius 2 is 1.90 bits per heavy atom. The summed E-state index contributed by atoms with van der Waals surface area (Å²) in [7, 11) is 0.